The van der Waals surface area contributed by atoms with Crippen LogP contribution in [0.2, 0.25) is 0 Å². The monoisotopic (exact) mass is 435 g/mol. The van der Waals surface area contributed by atoms with Crippen LogP contribution in [-0.4, -0.2) is 35.3 Å². The van der Waals surface area contributed by atoms with E-state index in [4.69, 9.17) is 5.73 Å². The van der Waals surface area contributed by atoms with Crippen LogP contribution in [0.15, 0.2) is 48.5 Å². The van der Waals surface area contributed by atoms with Crippen molar-refractivity contribution in [3.63, 3.8) is 0 Å². The Labute approximate surface area is 177 Å². The average Bonchev–Trinajstić information content (AvgIpc) is 2.72. The van der Waals surface area contributed by atoms with Crippen molar-refractivity contribution in [1.29, 1.82) is 0 Å². The summed E-state index contributed by atoms with van der Waals surface area (Å²) in [7, 11) is 0. The molecule has 6 nitrogen and oxygen atoms in total. The number of primary amides is 1. The Bertz CT molecular complexity index is 876. The van der Waals surface area contributed by atoms with Gasteiger partial charge in [0.05, 0.1) is 16.9 Å². The van der Waals surface area contributed by atoms with E-state index in [2.05, 4.69) is 10.6 Å². The van der Waals surface area contributed by atoms with Crippen LogP contribution in [0, 0.1) is 17.6 Å². The summed E-state index contributed by atoms with van der Waals surface area (Å²) in [6.07, 6.45) is 0.275. The molecule has 3 amide bonds. The fraction of sp³-hybridized carbons (Fsp3) is 0.286. The molecule has 4 N–H and O–H groups in total. The molecule has 9 heteroatoms. The van der Waals surface area contributed by atoms with Crippen LogP contribution in [0.25, 0.3) is 0 Å². The van der Waals surface area contributed by atoms with E-state index in [0.717, 1.165) is 17.3 Å². The number of rotatable bonds is 10. The minimum absolute atomic E-state index is 0.0286. The molecule has 0 heterocycles. The molecule has 2 rings (SSSR count). The van der Waals surface area contributed by atoms with E-state index in [0.29, 0.717) is 5.69 Å². The summed E-state index contributed by atoms with van der Waals surface area (Å²) in [4.78, 5) is 35.9. The molecule has 0 aliphatic carbocycles. The van der Waals surface area contributed by atoms with Crippen molar-refractivity contribution >= 4 is 35.2 Å². The maximum absolute atomic E-state index is 13.0. The van der Waals surface area contributed by atoms with Crippen molar-refractivity contribution in [2.24, 2.45) is 11.7 Å². The van der Waals surface area contributed by atoms with Crippen LogP contribution < -0.4 is 16.4 Å². The molecule has 2 aromatic carbocycles. The molecule has 0 saturated heterocycles. The third-order valence-electron chi connectivity index (χ3n) is 4.28. The maximum Gasteiger partial charge on any atom is 0.234 e. The standard InChI is InChI=1S/C21H23F2N3O3S/c1-13(30-12-19(27)26-18-8-6-17(23)7-9-18)21(29)25-11-15(20(24)28)10-14-2-4-16(22)5-3-14/h2-9,13,15H,10-12H2,1H3,(H2,24,28)(H,25,29)(H,26,27). The van der Waals surface area contributed by atoms with Gasteiger partial charge in [0.2, 0.25) is 17.7 Å². The molecule has 2 aromatic rings. The van der Waals surface area contributed by atoms with Crippen molar-refractivity contribution < 1.29 is 23.2 Å². The van der Waals surface area contributed by atoms with Crippen LogP contribution in [0.4, 0.5) is 14.5 Å². The number of hydrogen-bond acceptors (Lipinski definition) is 4. The van der Waals surface area contributed by atoms with Crippen LogP contribution in [0.1, 0.15) is 12.5 Å². The number of benzene rings is 2. The van der Waals surface area contributed by atoms with E-state index >= 15 is 0 Å². The van der Waals surface area contributed by atoms with Gasteiger partial charge in [0.15, 0.2) is 0 Å². The second-order valence-corrected chi connectivity index (χ2v) is 8.01. The SMILES string of the molecule is CC(SCC(=O)Nc1ccc(F)cc1)C(=O)NCC(Cc1ccc(F)cc1)C(N)=O. The van der Waals surface area contributed by atoms with Gasteiger partial charge in [0.25, 0.3) is 0 Å². The number of halogens is 2. The normalized spacial score (nSPS) is 12.6. The van der Waals surface area contributed by atoms with Gasteiger partial charge in [-0.2, -0.15) is 0 Å². The predicted octanol–water partition coefficient (Wildman–Crippen LogP) is 2.49. The number of amides is 3. The highest BCUT2D eigenvalue weighted by atomic mass is 32.2. The van der Waals surface area contributed by atoms with Gasteiger partial charge < -0.3 is 16.4 Å². The largest absolute Gasteiger partial charge is 0.369 e. The highest BCUT2D eigenvalue weighted by Crippen LogP contribution is 2.14. The van der Waals surface area contributed by atoms with Gasteiger partial charge in [0, 0.05) is 12.2 Å². The number of carbonyl (C=O) groups is 3. The lowest BCUT2D eigenvalue weighted by molar-refractivity contribution is -0.123. The smallest absolute Gasteiger partial charge is 0.234 e. The van der Waals surface area contributed by atoms with E-state index in [1.807, 2.05) is 0 Å². The zero-order valence-corrected chi connectivity index (χ0v) is 17.2. The Morgan fingerprint density at radius 1 is 1.00 bits per heavy atom. The molecule has 0 aliphatic rings. The topological polar surface area (TPSA) is 101 Å². The fourth-order valence-corrected chi connectivity index (χ4v) is 3.26. The summed E-state index contributed by atoms with van der Waals surface area (Å²) >= 11 is 1.12. The Kier molecular flexibility index (Phi) is 8.79. The molecule has 0 aromatic heterocycles. The second kappa shape index (κ2) is 11.3. The third kappa shape index (κ3) is 7.82. The van der Waals surface area contributed by atoms with Gasteiger partial charge in [-0.1, -0.05) is 12.1 Å². The summed E-state index contributed by atoms with van der Waals surface area (Å²) in [5, 5.41) is 4.74. The lowest BCUT2D eigenvalue weighted by atomic mass is 9.98. The number of nitrogens with one attached hydrogen (secondary N) is 2. The molecule has 2 atom stereocenters. The first-order chi connectivity index (χ1) is 14.2. The van der Waals surface area contributed by atoms with E-state index in [1.54, 1.807) is 19.1 Å². The molecule has 0 saturated carbocycles. The maximum atomic E-state index is 13.0. The Morgan fingerprint density at radius 3 is 2.13 bits per heavy atom. The number of anilines is 1. The Hall–Kier alpha value is -2.94. The number of thioether (sulfide) groups is 1. The molecular formula is C21H23F2N3O3S. The molecule has 0 spiro atoms. The number of hydrogen-bond donors (Lipinski definition) is 3. The molecule has 0 radical (unpaired) electrons. The van der Waals surface area contributed by atoms with Gasteiger partial charge in [-0.25, -0.2) is 8.78 Å². The lowest BCUT2D eigenvalue weighted by Gasteiger charge is -2.17. The lowest BCUT2D eigenvalue weighted by Crippen LogP contribution is -2.40. The fourth-order valence-electron chi connectivity index (χ4n) is 2.55. The molecule has 0 aliphatic heterocycles. The van der Waals surface area contributed by atoms with Crippen molar-refractivity contribution in [2.45, 2.75) is 18.6 Å². The van der Waals surface area contributed by atoms with Crippen LogP contribution >= 0.6 is 11.8 Å². The molecule has 30 heavy (non-hydrogen) atoms. The van der Waals surface area contributed by atoms with Crippen molar-refractivity contribution in [3.05, 3.63) is 65.7 Å². The van der Waals surface area contributed by atoms with Gasteiger partial charge in [-0.3, -0.25) is 14.4 Å². The first-order valence-corrected chi connectivity index (χ1v) is 10.3. The van der Waals surface area contributed by atoms with E-state index in [9.17, 15) is 23.2 Å². The van der Waals surface area contributed by atoms with Gasteiger partial charge in [0.1, 0.15) is 11.6 Å². The third-order valence-corrected chi connectivity index (χ3v) is 5.42. The van der Waals surface area contributed by atoms with E-state index in [1.165, 1.54) is 36.4 Å². The molecule has 0 fully saturated rings. The highest BCUT2D eigenvalue weighted by molar-refractivity contribution is 8.01. The first-order valence-electron chi connectivity index (χ1n) is 9.23. The Morgan fingerprint density at radius 2 is 1.57 bits per heavy atom. The molecule has 0 bridgehead atoms. The Balaban J connectivity index is 1.77. The zero-order chi connectivity index (χ0) is 22.1. The van der Waals surface area contributed by atoms with Gasteiger partial charge in [-0.05, 0) is 55.3 Å². The van der Waals surface area contributed by atoms with Crippen molar-refractivity contribution in [1.82, 2.24) is 5.32 Å². The summed E-state index contributed by atoms with van der Waals surface area (Å²) < 4.78 is 25.9. The summed E-state index contributed by atoms with van der Waals surface area (Å²) in [5.41, 5.74) is 6.60. The highest BCUT2D eigenvalue weighted by Gasteiger charge is 2.20. The summed E-state index contributed by atoms with van der Waals surface area (Å²) in [5.74, 6) is -2.62. The van der Waals surface area contributed by atoms with Crippen molar-refractivity contribution in [2.75, 3.05) is 17.6 Å². The van der Waals surface area contributed by atoms with Crippen LogP contribution in [0.3, 0.4) is 0 Å². The van der Waals surface area contributed by atoms with Crippen LogP contribution in [-0.2, 0) is 20.8 Å². The predicted molar refractivity (Wildman–Crippen MR) is 113 cm³/mol. The van der Waals surface area contributed by atoms with Gasteiger partial charge >= 0.3 is 0 Å². The van der Waals surface area contributed by atoms with Gasteiger partial charge in [-0.15, -0.1) is 11.8 Å². The van der Waals surface area contributed by atoms with E-state index in [-0.39, 0.29) is 36.4 Å². The number of nitrogens with two attached hydrogens (primary N) is 1. The average molecular weight is 435 g/mol. The molecule has 160 valence electrons. The van der Waals surface area contributed by atoms with Crippen molar-refractivity contribution in [3.8, 4) is 0 Å². The quantitative estimate of drug-likeness (QED) is 0.534. The zero-order valence-electron chi connectivity index (χ0n) is 16.4. The van der Waals surface area contributed by atoms with Crippen LogP contribution in [0.5, 0.6) is 0 Å². The van der Waals surface area contributed by atoms with E-state index < -0.39 is 22.9 Å². The summed E-state index contributed by atoms with van der Waals surface area (Å²) in [6, 6.07) is 11.1. The first kappa shape index (κ1) is 23.3. The number of carbonyl (C=O) groups excluding carboxylic acids is 3. The molecule has 2 unspecified atom stereocenters. The second-order valence-electron chi connectivity index (χ2n) is 6.68. The minimum atomic E-state index is -0.640. The minimum Gasteiger partial charge on any atom is -0.369 e. The molecular weight excluding hydrogens is 412 g/mol. The summed E-state index contributed by atoms with van der Waals surface area (Å²) in [6.45, 7) is 1.68.